The molecule has 0 aliphatic rings. The normalized spacial score (nSPS) is 10.8. The Morgan fingerprint density at radius 1 is 1.33 bits per heavy atom. The van der Waals surface area contributed by atoms with Crippen LogP contribution in [0, 0.1) is 0 Å². The van der Waals surface area contributed by atoms with Crippen LogP contribution in [0.25, 0.3) is 0 Å². The van der Waals surface area contributed by atoms with Gasteiger partial charge < -0.3 is 0 Å². The molecule has 0 saturated heterocycles. The number of aryl methyl sites for hydroxylation is 1. The van der Waals surface area contributed by atoms with Gasteiger partial charge in [0.15, 0.2) is 18.9 Å². The zero-order valence-corrected chi connectivity index (χ0v) is 7.83. The Morgan fingerprint density at radius 3 is 2.50 bits per heavy atom. The summed E-state index contributed by atoms with van der Waals surface area (Å²) in [7, 11) is 0. The van der Waals surface area contributed by atoms with Crippen molar-refractivity contribution >= 4 is 0 Å². The van der Waals surface area contributed by atoms with Crippen LogP contribution in [0.2, 0.25) is 0 Å². The third-order valence-electron chi connectivity index (χ3n) is 1.92. The van der Waals surface area contributed by atoms with E-state index in [9.17, 15) is 0 Å². The minimum absolute atomic E-state index is 0.973. The molecule has 0 N–H and O–H groups in total. The van der Waals surface area contributed by atoms with E-state index in [0.717, 1.165) is 13.0 Å². The highest BCUT2D eigenvalue weighted by Gasteiger charge is 1.95. The first kappa shape index (κ1) is 8.98. The molecular weight excluding hydrogens is 146 g/mol. The highest BCUT2D eigenvalue weighted by atomic mass is 14.9. The molecule has 0 unspecified atom stereocenters. The van der Waals surface area contributed by atoms with Gasteiger partial charge in [0.05, 0.1) is 0 Å². The lowest BCUT2D eigenvalue weighted by atomic mass is 10.2. The smallest absolute Gasteiger partial charge is 0.169 e. The lowest BCUT2D eigenvalue weighted by molar-refractivity contribution is -0.687. The number of aromatic nitrogens is 1. The molecule has 1 heteroatoms. The Balaban J connectivity index is 2.64. The second kappa shape index (κ2) is 4.70. The Morgan fingerprint density at radius 2 is 2.00 bits per heavy atom. The van der Waals surface area contributed by atoms with Gasteiger partial charge in [-0.1, -0.05) is 13.0 Å². The van der Waals surface area contributed by atoms with Gasteiger partial charge in [0, 0.05) is 12.1 Å². The van der Waals surface area contributed by atoms with Crippen LogP contribution < -0.4 is 4.57 Å². The molecule has 0 atom stereocenters. The third kappa shape index (κ3) is 2.50. The van der Waals surface area contributed by atoms with Crippen molar-refractivity contribution in [3.8, 4) is 0 Å². The van der Waals surface area contributed by atoms with E-state index in [0.29, 0.717) is 0 Å². The highest BCUT2D eigenvalue weighted by molar-refractivity contribution is 5.06. The molecule has 1 heterocycles. The fourth-order valence-electron chi connectivity index (χ4n) is 1.07. The first-order chi connectivity index (χ1) is 5.86. The summed E-state index contributed by atoms with van der Waals surface area (Å²) < 4.78 is 2.17. The van der Waals surface area contributed by atoms with E-state index in [2.05, 4.69) is 48.2 Å². The maximum Gasteiger partial charge on any atom is 0.169 e. The van der Waals surface area contributed by atoms with Gasteiger partial charge >= 0.3 is 0 Å². The van der Waals surface area contributed by atoms with Crippen molar-refractivity contribution in [2.75, 3.05) is 0 Å². The summed E-state index contributed by atoms with van der Waals surface area (Å²) >= 11 is 0. The molecule has 0 fully saturated rings. The van der Waals surface area contributed by atoms with Crippen molar-refractivity contribution in [2.45, 2.75) is 26.8 Å². The van der Waals surface area contributed by atoms with Crippen LogP contribution in [0.5, 0.6) is 0 Å². The molecule has 0 amide bonds. The van der Waals surface area contributed by atoms with Gasteiger partial charge in [-0.25, -0.2) is 4.57 Å². The Bertz CT molecular complexity index is 246. The largest absolute Gasteiger partial charge is 0.201 e. The lowest BCUT2D eigenvalue weighted by Crippen LogP contribution is -2.31. The summed E-state index contributed by atoms with van der Waals surface area (Å²) in [6.07, 6.45) is 9.58. The summed E-state index contributed by atoms with van der Waals surface area (Å²) in [4.78, 5) is 0. The van der Waals surface area contributed by atoms with Gasteiger partial charge in [0.25, 0.3) is 0 Å². The van der Waals surface area contributed by atoms with Gasteiger partial charge in [-0.05, 0) is 25.0 Å². The third-order valence-corrected chi connectivity index (χ3v) is 1.92. The van der Waals surface area contributed by atoms with Crippen molar-refractivity contribution < 1.29 is 4.57 Å². The number of hydrogen-bond donors (Lipinski definition) is 0. The average molecular weight is 162 g/mol. The summed E-state index contributed by atoms with van der Waals surface area (Å²) in [5.74, 6) is 0. The zero-order chi connectivity index (χ0) is 8.81. The van der Waals surface area contributed by atoms with Crippen molar-refractivity contribution in [1.29, 1.82) is 0 Å². The molecule has 12 heavy (non-hydrogen) atoms. The van der Waals surface area contributed by atoms with Crippen LogP contribution in [0.1, 0.15) is 19.4 Å². The van der Waals surface area contributed by atoms with Gasteiger partial charge in [-0.15, -0.1) is 0 Å². The highest BCUT2D eigenvalue weighted by Crippen LogP contribution is 1.94. The number of pyridine rings is 1. The van der Waals surface area contributed by atoms with E-state index >= 15 is 0 Å². The summed E-state index contributed by atoms with van der Waals surface area (Å²) in [6, 6.07) is 4.34. The van der Waals surface area contributed by atoms with Crippen LogP contribution in [0.3, 0.4) is 0 Å². The average Bonchev–Trinajstić information content (AvgIpc) is 2.15. The molecule has 1 rings (SSSR count). The molecule has 0 spiro atoms. The maximum absolute atomic E-state index is 2.17. The summed E-state index contributed by atoms with van der Waals surface area (Å²) in [6.45, 7) is 5.19. The van der Waals surface area contributed by atoms with E-state index in [4.69, 9.17) is 0 Å². The molecule has 0 aromatic carbocycles. The summed E-state index contributed by atoms with van der Waals surface area (Å²) in [5.41, 5.74) is 1.40. The molecule has 0 saturated carbocycles. The van der Waals surface area contributed by atoms with Crippen molar-refractivity contribution in [3.63, 3.8) is 0 Å². The zero-order valence-electron chi connectivity index (χ0n) is 7.83. The Hall–Kier alpha value is -1.11. The number of hydrogen-bond acceptors (Lipinski definition) is 0. The Labute approximate surface area is 74.4 Å². The second-order valence-electron chi connectivity index (χ2n) is 2.83. The molecule has 0 aliphatic heterocycles. The maximum atomic E-state index is 2.17. The fourth-order valence-corrected chi connectivity index (χ4v) is 1.07. The van der Waals surface area contributed by atoms with Crippen molar-refractivity contribution in [3.05, 3.63) is 42.2 Å². The molecule has 0 aliphatic carbocycles. The van der Waals surface area contributed by atoms with E-state index < -0.39 is 0 Å². The van der Waals surface area contributed by atoms with E-state index in [1.807, 2.05) is 6.92 Å². The van der Waals surface area contributed by atoms with Crippen LogP contribution in [-0.2, 0) is 13.0 Å². The second-order valence-corrected chi connectivity index (χ2v) is 2.83. The predicted molar refractivity (Wildman–Crippen MR) is 50.8 cm³/mol. The van der Waals surface area contributed by atoms with E-state index in [1.165, 1.54) is 5.56 Å². The molecule has 1 aromatic heterocycles. The SMILES string of the molecule is C/C=C/C[n+]1ccc(CC)cc1. The van der Waals surface area contributed by atoms with E-state index in [1.54, 1.807) is 0 Å². The molecule has 1 aromatic rings. The van der Waals surface area contributed by atoms with Crippen molar-refractivity contribution in [2.24, 2.45) is 0 Å². The summed E-state index contributed by atoms with van der Waals surface area (Å²) in [5, 5.41) is 0. The fraction of sp³-hybridized carbons (Fsp3) is 0.364. The Kier molecular flexibility index (Phi) is 3.52. The molecule has 1 nitrogen and oxygen atoms in total. The molecular formula is C11H16N+. The van der Waals surface area contributed by atoms with Crippen molar-refractivity contribution in [1.82, 2.24) is 0 Å². The molecule has 0 bridgehead atoms. The minimum Gasteiger partial charge on any atom is -0.201 e. The number of allylic oxidation sites excluding steroid dienone is 2. The number of rotatable bonds is 3. The monoisotopic (exact) mass is 162 g/mol. The van der Waals surface area contributed by atoms with Gasteiger partial charge in [0.1, 0.15) is 0 Å². The topological polar surface area (TPSA) is 3.88 Å². The quantitative estimate of drug-likeness (QED) is 0.473. The minimum atomic E-state index is 0.973. The van der Waals surface area contributed by atoms with Gasteiger partial charge in [-0.2, -0.15) is 0 Å². The van der Waals surface area contributed by atoms with Crippen LogP contribution in [-0.4, -0.2) is 0 Å². The predicted octanol–water partition coefficient (Wildman–Crippen LogP) is 2.11. The van der Waals surface area contributed by atoms with Gasteiger partial charge in [0.2, 0.25) is 0 Å². The van der Waals surface area contributed by atoms with Crippen LogP contribution in [0.4, 0.5) is 0 Å². The first-order valence-electron chi connectivity index (χ1n) is 4.46. The molecule has 64 valence electrons. The first-order valence-corrected chi connectivity index (χ1v) is 4.46. The standard InChI is InChI=1S/C11H16N/c1-3-5-8-12-9-6-11(4-2)7-10-12/h3,5-7,9-10H,4,8H2,1-2H3/q+1/b5-3+. The van der Waals surface area contributed by atoms with Crippen LogP contribution >= 0.6 is 0 Å². The molecule has 0 radical (unpaired) electrons. The van der Waals surface area contributed by atoms with Crippen LogP contribution in [0.15, 0.2) is 36.7 Å². The lowest BCUT2D eigenvalue weighted by Gasteiger charge is -1.94. The van der Waals surface area contributed by atoms with E-state index in [-0.39, 0.29) is 0 Å². The number of nitrogens with zero attached hydrogens (tertiary/aromatic N) is 1. The van der Waals surface area contributed by atoms with Gasteiger partial charge in [-0.3, -0.25) is 0 Å².